The summed E-state index contributed by atoms with van der Waals surface area (Å²) in [5.74, 6) is 1.08. The van der Waals surface area contributed by atoms with Crippen molar-refractivity contribution < 1.29 is 14.4 Å². The predicted molar refractivity (Wildman–Crippen MR) is 68.7 cm³/mol. The molecule has 3 rings (SSSR count). The highest BCUT2D eigenvalue weighted by atomic mass is 16.5. The molecule has 2 aromatic rings. The Bertz CT molecular complexity index is 597. The number of phenols is 1. The molecule has 0 bridgehead atoms. The highest BCUT2D eigenvalue weighted by molar-refractivity contribution is 5.64. The fourth-order valence-corrected chi connectivity index (χ4v) is 2.37. The highest BCUT2D eigenvalue weighted by Gasteiger charge is 2.43. The normalized spacial score (nSPS) is 17.2. The van der Waals surface area contributed by atoms with Crippen LogP contribution in [0, 0.1) is 6.92 Å². The summed E-state index contributed by atoms with van der Waals surface area (Å²) in [4.78, 5) is 4.38. The molecule has 100 valence electrons. The molecule has 0 radical (unpaired) electrons. The smallest absolute Gasteiger partial charge is 0.261 e. The summed E-state index contributed by atoms with van der Waals surface area (Å²) in [6, 6.07) is 5.45. The van der Waals surface area contributed by atoms with E-state index in [0.717, 1.165) is 24.8 Å². The van der Waals surface area contributed by atoms with Gasteiger partial charge in [-0.25, -0.2) is 0 Å². The number of aromatic nitrogens is 2. The fraction of sp³-hybridized carbons (Fsp3) is 0.429. The minimum Gasteiger partial charge on any atom is -0.507 e. The van der Waals surface area contributed by atoms with Crippen LogP contribution in [0.4, 0.5) is 0 Å². The molecular formula is C14H16N2O3. The predicted octanol–water partition coefficient (Wildman–Crippen LogP) is 2.78. The molecule has 19 heavy (non-hydrogen) atoms. The topological polar surface area (TPSA) is 68.4 Å². The summed E-state index contributed by atoms with van der Waals surface area (Å²) in [5, 5.41) is 14.0. The zero-order chi connectivity index (χ0) is 13.5. The van der Waals surface area contributed by atoms with Gasteiger partial charge in [-0.2, -0.15) is 4.98 Å². The summed E-state index contributed by atoms with van der Waals surface area (Å²) in [7, 11) is 1.67. The number of nitrogens with zero attached hydrogens (tertiary/aromatic N) is 2. The van der Waals surface area contributed by atoms with Gasteiger partial charge in [-0.1, -0.05) is 17.3 Å². The second-order valence-corrected chi connectivity index (χ2v) is 4.95. The first-order valence-electron chi connectivity index (χ1n) is 6.34. The van der Waals surface area contributed by atoms with E-state index in [-0.39, 0.29) is 5.75 Å². The van der Waals surface area contributed by atoms with Crippen molar-refractivity contribution in [1.82, 2.24) is 10.1 Å². The van der Waals surface area contributed by atoms with E-state index < -0.39 is 5.60 Å². The standard InChI is InChI=1S/C14H16N2O3/c1-9-5-3-6-10(11(9)17)12-15-13(16-19-12)14(18-2)7-4-8-14/h3,5-6,17H,4,7-8H2,1-2H3. The van der Waals surface area contributed by atoms with Crippen molar-refractivity contribution in [2.45, 2.75) is 31.8 Å². The van der Waals surface area contributed by atoms with Crippen molar-refractivity contribution >= 4 is 0 Å². The average molecular weight is 260 g/mol. The van der Waals surface area contributed by atoms with Crippen LogP contribution >= 0.6 is 0 Å². The van der Waals surface area contributed by atoms with Gasteiger partial charge in [0.1, 0.15) is 11.4 Å². The Kier molecular flexibility index (Phi) is 2.78. The van der Waals surface area contributed by atoms with E-state index >= 15 is 0 Å². The van der Waals surface area contributed by atoms with Gasteiger partial charge in [0, 0.05) is 7.11 Å². The fourth-order valence-electron chi connectivity index (χ4n) is 2.37. The molecule has 1 aliphatic rings. The van der Waals surface area contributed by atoms with Gasteiger partial charge in [0.15, 0.2) is 0 Å². The molecular weight excluding hydrogens is 244 g/mol. The maximum atomic E-state index is 10.0. The Balaban J connectivity index is 1.99. The van der Waals surface area contributed by atoms with Crippen molar-refractivity contribution in [3.63, 3.8) is 0 Å². The van der Waals surface area contributed by atoms with E-state index in [1.54, 1.807) is 13.2 Å². The zero-order valence-corrected chi connectivity index (χ0v) is 11.0. The third kappa shape index (κ3) is 1.81. The minimum absolute atomic E-state index is 0.178. The van der Waals surface area contributed by atoms with Crippen LogP contribution in [-0.2, 0) is 10.3 Å². The first-order valence-corrected chi connectivity index (χ1v) is 6.34. The zero-order valence-electron chi connectivity index (χ0n) is 11.0. The Morgan fingerprint density at radius 2 is 2.16 bits per heavy atom. The van der Waals surface area contributed by atoms with Crippen LogP contribution in [0.25, 0.3) is 11.5 Å². The van der Waals surface area contributed by atoms with Crippen molar-refractivity contribution in [1.29, 1.82) is 0 Å². The van der Waals surface area contributed by atoms with Gasteiger partial charge in [0.2, 0.25) is 5.82 Å². The van der Waals surface area contributed by atoms with Crippen molar-refractivity contribution in [3.8, 4) is 17.2 Å². The molecule has 0 atom stereocenters. The molecule has 1 saturated carbocycles. The third-order valence-corrected chi connectivity index (χ3v) is 3.85. The van der Waals surface area contributed by atoms with E-state index in [9.17, 15) is 5.11 Å². The van der Waals surface area contributed by atoms with Gasteiger partial charge in [0.05, 0.1) is 5.56 Å². The van der Waals surface area contributed by atoms with Crippen LogP contribution in [0.2, 0.25) is 0 Å². The van der Waals surface area contributed by atoms with Crippen LogP contribution in [0.15, 0.2) is 22.7 Å². The Morgan fingerprint density at radius 1 is 1.37 bits per heavy atom. The molecule has 1 N–H and O–H groups in total. The summed E-state index contributed by atoms with van der Waals surface area (Å²) >= 11 is 0. The number of benzene rings is 1. The minimum atomic E-state index is -0.402. The second kappa shape index (κ2) is 4.35. The van der Waals surface area contributed by atoms with Crippen LogP contribution < -0.4 is 0 Å². The molecule has 0 amide bonds. The van der Waals surface area contributed by atoms with Crippen LogP contribution in [-0.4, -0.2) is 22.4 Å². The van der Waals surface area contributed by atoms with Gasteiger partial charge < -0.3 is 14.4 Å². The second-order valence-electron chi connectivity index (χ2n) is 4.95. The lowest BCUT2D eigenvalue weighted by molar-refractivity contribution is -0.0858. The number of ether oxygens (including phenoxy) is 1. The molecule has 0 spiro atoms. The van der Waals surface area contributed by atoms with Gasteiger partial charge >= 0.3 is 0 Å². The van der Waals surface area contributed by atoms with Crippen LogP contribution in [0.5, 0.6) is 5.75 Å². The molecule has 0 unspecified atom stereocenters. The number of methoxy groups -OCH3 is 1. The van der Waals surface area contributed by atoms with E-state index in [4.69, 9.17) is 9.26 Å². The van der Waals surface area contributed by atoms with E-state index in [1.807, 2.05) is 19.1 Å². The van der Waals surface area contributed by atoms with Crippen molar-refractivity contribution in [2.75, 3.05) is 7.11 Å². The summed E-state index contributed by atoms with van der Waals surface area (Å²) < 4.78 is 10.8. The van der Waals surface area contributed by atoms with E-state index in [0.29, 0.717) is 17.3 Å². The first kappa shape index (κ1) is 12.2. The van der Waals surface area contributed by atoms with Gasteiger partial charge in [0.25, 0.3) is 5.89 Å². The van der Waals surface area contributed by atoms with Gasteiger partial charge in [-0.15, -0.1) is 0 Å². The summed E-state index contributed by atoms with van der Waals surface area (Å²) in [6.45, 7) is 1.83. The van der Waals surface area contributed by atoms with E-state index in [1.165, 1.54) is 0 Å². The lowest BCUT2D eigenvalue weighted by Gasteiger charge is -2.37. The van der Waals surface area contributed by atoms with E-state index in [2.05, 4.69) is 10.1 Å². The maximum Gasteiger partial charge on any atom is 0.261 e. The summed E-state index contributed by atoms with van der Waals surface area (Å²) in [5.41, 5.74) is 0.938. The highest BCUT2D eigenvalue weighted by Crippen LogP contribution is 2.43. The maximum absolute atomic E-state index is 10.0. The monoisotopic (exact) mass is 260 g/mol. The molecule has 1 aromatic carbocycles. The lowest BCUT2D eigenvalue weighted by Crippen LogP contribution is -2.37. The molecule has 5 nitrogen and oxygen atoms in total. The molecule has 1 aromatic heterocycles. The number of rotatable bonds is 3. The third-order valence-electron chi connectivity index (χ3n) is 3.85. The SMILES string of the molecule is COC1(c2noc(-c3cccc(C)c3O)n2)CCC1. The number of aryl methyl sites for hydroxylation is 1. The summed E-state index contributed by atoms with van der Waals surface area (Å²) in [6.07, 6.45) is 2.91. The largest absolute Gasteiger partial charge is 0.507 e. The Labute approximate surface area is 111 Å². The molecule has 5 heteroatoms. The Hall–Kier alpha value is -1.88. The van der Waals surface area contributed by atoms with Gasteiger partial charge in [-0.05, 0) is 37.8 Å². The number of aromatic hydroxyl groups is 1. The molecule has 1 fully saturated rings. The van der Waals surface area contributed by atoms with Crippen molar-refractivity contribution in [3.05, 3.63) is 29.6 Å². The Morgan fingerprint density at radius 3 is 2.79 bits per heavy atom. The number of hydrogen-bond acceptors (Lipinski definition) is 5. The first-order chi connectivity index (χ1) is 9.16. The number of hydrogen-bond donors (Lipinski definition) is 1. The number of para-hydroxylation sites is 1. The number of phenolic OH excluding ortho intramolecular Hbond substituents is 1. The average Bonchev–Trinajstić information content (AvgIpc) is 2.82. The van der Waals surface area contributed by atoms with Crippen LogP contribution in [0.3, 0.4) is 0 Å². The lowest BCUT2D eigenvalue weighted by atomic mass is 9.79. The van der Waals surface area contributed by atoms with Crippen LogP contribution in [0.1, 0.15) is 30.7 Å². The van der Waals surface area contributed by atoms with Crippen molar-refractivity contribution in [2.24, 2.45) is 0 Å². The molecule has 0 saturated heterocycles. The van der Waals surface area contributed by atoms with Gasteiger partial charge in [-0.3, -0.25) is 0 Å². The molecule has 1 heterocycles. The molecule has 0 aliphatic heterocycles. The molecule has 1 aliphatic carbocycles. The quantitative estimate of drug-likeness (QED) is 0.919.